The number of aryl methyl sites for hydroxylation is 1. The van der Waals surface area contributed by atoms with Crippen molar-refractivity contribution in [1.29, 1.82) is 0 Å². The maximum atomic E-state index is 5.72. The van der Waals surface area contributed by atoms with E-state index < -0.39 is 0 Å². The van der Waals surface area contributed by atoms with Crippen molar-refractivity contribution in [1.82, 2.24) is 4.57 Å². The second kappa shape index (κ2) is 8.50. The lowest BCUT2D eigenvalue weighted by Crippen LogP contribution is -2.31. The Bertz CT molecular complexity index is 1210. The monoisotopic (exact) mass is 379 g/mol. The Labute approximate surface area is 171 Å². The van der Waals surface area contributed by atoms with Gasteiger partial charge in [0.05, 0.1) is 20.2 Å². The average Bonchev–Trinajstić information content (AvgIpc) is 3.05. The lowest BCUT2D eigenvalue weighted by molar-refractivity contribution is -0.647. The van der Waals surface area contributed by atoms with Gasteiger partial charge in [-0.3, -0.25) is 0 Å². The zero-order valence-corrected chi connectivity index (χ0v) is 16.7. The highest BCUT2D eigenvalue weighted by atomic mass is 16.5. The molecule has 29 heavy (non-hydrogen) atoms. The number of hydrogen-bond acceptors (Lipinski definition) is 1. The quantitative estimate of drug-likeness (QED) is 0.286. The minimum Gasteiger partial charge on any atom is -0.496 e. The second-order valence-corrected chi connectivity index (χ2v) is 6.74. The number of benzene rings is 3. The molecular weight excluding hydrogens is 356 g/mol. The summed E-state index contributed by atoms with van der Waals surface area (Å²) >= 11 is 0. The van der Waals surface area contributed by atoms with Crippen LogP contribution in [0.1, 0.15) is 17.0 Å². The lowest BCUT2D eigenvalue weighted by Gasteiger charge is -2.05. The predicted molar refractivity (Wildman–Crippen MR) is 118 cm³/mol. The molecule has 0 N–H and O–H groups in total. The van der Waals surface area contributed by atoms with E-state index in [0.29, 0.717) is 6.54 Å². The molecule has 3 nitrogen and oxygen atoms in total. The molecular formula is C26H23N2O+. The Morgan fingerprint density at radius 1 is 0.931 bits per heavy atom. The Morgan fingerprint density at radius 3 is 2.31 bits per heavy atom. The Kier molecular flexibility index (Phi) is 5.45. The molecule has 0 fully saturated rings. The summed E-state index contributed by atoms with van der Waals surface area (Å²) in [6, 6.07) is 28.6. The molecule has 4 rings (SSSR count). The summed E-state index contributed by atoms with van der Waals surface area (Å²) in [4.78, 5) is 0. The molecule has 4 aromatic rings. The molecule has 3 heteroatoms. The van der Waals surface area contributed by atoms with E-state index in [1.54, 1.807) is 7.11 Å². The number of fused-ring (bicyclic) bond motifs is 1. The van der Waals surface area contributed by atoms with Crippen LogP contribution in [0.25, 0.3) is 22.9 Å². The normalized spacial score (nSPS) is 11.2. The minimum atomic E-state index is 0.591. The minimum absolute atomic E-state index is 0.591. The van der Waals surface area contributed by atoms with Gasteiger partial charge in [0.25, 0.3) is 5.82 Å². The molecule has 0 aliphatic rings. The van der Waals surface area contributed by atoms with Crippen molar-refractivity contribution >= 4 is 22.9 Å². The van der Waals surface area contributed by atoms with Gasteiger partial charge in [-0.05, 0) is 24.3 Å². The predicted octanol–water partition coefficient (Wildman–Crippen LogP) is 4.66. The smallest absolute Gasteiger partial charge is 0.286 e. The van der Waals surface area contributed by atoms with Gasteiger partial charge in [0.1, 0.15) is 5.76 Å². The molecule has 0 saturated heterocycles. The molecule has 0 aliphatic carbocycles. The highest BCUT2D eigenvalue weighted by Gasteiger charge is 2.21. The molecule has 0 saturated carbocycles. The molecule has 142 valence electrons. The number of imidazole rings is 1. The van der Waals surface area contributed by atoms with Crippen LogP contribution in [-0.4, -0.2) is 11.7 Å². The van der Waals surface area contributed by atoms with Crippen LogP contribution in [0.2, 0.25) is 0 Å². The van der Waals surface area contributed by atoms with Gasteiger partial charge in [-0.15, -0.1) is 0 Å². The van der Waals surface area contributed by atoms with Gasteiger partial charge in [0, 0.05) is 11.1 Å². The van der Waals surface area contributed by atoms with E-state index >= 15 is 0 Å². The molecule has 0 amide bonds. The van der Waals surface area contributed by atoms with Gasteiger partial charge in [-0.25, -0.2) is 9.13 Å². The molecule has 0 unspecified atom stereocenters. The number of rotatable bonds is 4. The van der Waals surface area contributed by atoms with Crippen molar-refractivity contribution in [3.63, 3.8) is 0 Å². The Balaban J connectivity index is 1.81. The fraction of sp³-hybridized carbons (Fsp3) is 0.115. The standard InChI is InChI=1S/C26H23N2O/c1-27-23-17-9-10-18-24(23)28(19-11-14-21-12-5-3-6-13-21)26(27)20-25(29-2)22-15-7-4-8-16-22/h3-10,12-13,15-18,20H,19H2,1-2H3/q+1. The molecule has 0 spiro atoms. The van der Waals surface area contributed by atoms with Gasteiger partial charge in [0.2, 0.25) is 0 Å². The van der Waals surface area contributed by atoms with Crippen molar-refractivity contribution in [3.05, 3.63) is 102 Å². The molecule has 0 radical (unpaired) electrons. The van der Waals surface area contributed by atoms with Crippen LogP contribution in [0.3, 0.4) is 0 Å². The molecule has 0 atom stereocenters. The maximum Gasteiger partial charge on any atom is 0.286 e. The third-order valence-corrected chi connectivity index (χ3v) is 4.94. The first-order valence-corrected chi connectivity index (χ1v) is 9.60. The molecule has 0 aliphatic heterocycles. The van der Waals surface area contributed by atoms with Gasteiger partial charge < -0.3 is 4.74 Å². The van der Waals surface area contributed by atoms with Crippen LogP contribution < -0.4 is 4.57 Å². The zero-order chi connectivity index (χ0) is 20.1. The van der Waals surface area contributed by atoms with Gasteiger partial charge >= 0.3 is 0 Å². The van der Waals surface area contributed by atoms with E-state index in [1.807, 2.05) is 48.5 Å². The fourth-order valence-corrected chi connectivity index (χ4v) is 3.47. The first-order valence-electron chi connectivity index (χ1n) is 9.60. The summed E-state index contributed by atoms with van der Waals surface area (Å²) in [5.74, 6) is 8.44. The van der Waals surface area contributed by atoms with Gasteiger partial charge in [0.15, 0.2) is 17.6 Å². The maximum absolute atomic E-state index is 5.72. The number of ether oxygens (including phenoxy) is 1. The molecule has 3 aromatic carbocycles. The summed E-state index contributed by atoms with van der Waals surface area (Å²) in [6.45, 7) is 0.591. The van der Waals surface area contributed by atoms with E-state index in [1.165, 1.54) is 0 Å². The van der Waals surface area contributed by atoms with E-state index in [4.69, 9.17) is 4.74 Å². The highest BCUT2D eigenvalue weighted by molar-refractivity contribution is 5.79. The fourth-order valence-electron chi connectivity index (χ4n) is 3.47. The summed E-state index contributed by atoms with van der Waals surface area (Å²) in [5, 5.41) is 0. The molecule has 0 bridgehead atoms. The van der Waals surface area contributed by atoms with E-state index in [2.05, 4.69) is 70.5 Å². The largest absolute Gasteiger partial charge is 0.496 e. The summed E-state index contributed by atoms with van der Waals surface area (Å²) in [7, 11) is 3.79. The van der Waals surface area contributed by atoms with E-state index in [9.17, 15) is 0 Å². The van der Waals surface area contributed by atoms with Crippen molar-refractivity contribution in [2.45, 2.75) is 6.54 Å². The van der Waals surface area contributed by atoms with Crippen LogP contribution >= 0.6 is 0 Å². The first-order chi connectivity index (χ1) is 14.3. The van der Waals surface area contributed by atoms with Crippen LogP contribution in [-0.2, 0) is 18.3 Å². The van der Waals surface area contributed by atoms with Crippen molar-refractivity contribution in [2.24, 2.45) is 7.05 Å². The third kappa shape index (κ3) is 3.93. The zero-order valence-electron chi connectivity index (χ0n) is 16.7. The van der Waals surface area contributed by atoms with Crippen molar-refractivity contribution in [2.75, 3.05) is 7.11 Å². The summed E-state index contributed by atoms with van der Waals surface area (Å²) < 4.78 is 10.1. The second-order valence-electron chi connectivity index (χ2n) is 6.74. The molecule has 1 aromatic heterocycles. The van der Waals surface area contributed by atoms with Crippen molar-refractivity contribution < 1.29 is 9.30 Å². The Hall–Kier alpha value is -3.77. The van der Waals surface area contributed by atoms with Crippen LogP contribution in [0.5, 0.6) is 0 Å². The van der Waals surface area contributed by atoms with Crippen LogP contribution in [0.4, 0.5) is 0 Å². The van der Waals surface area contributed by atoms with Gasteiger partial charge in [-0.2, -0.15) is 0 Å². The number of hydrogen-bond donors (Lipinski definition) is 0. The number of para-hydroxylation sites is 2. The van der Waals surface area contributed by atoms with E-state index in [0.717, 1.165) is 33.7 Å². The highest BCUT2D eigenvalue weighted by Crippen LogP contribution is 2.21. The SMILES string of the molecule is COC(=Cc1n(CC#Cc2ccccc2)c2ccccc2[n+]1C)c1ccccc1. The molecule has 1 heterocycles. The number of nitrogens with zero attached hydrogens (tertiary/aromatic N) is 2. The third-order valence-electron chi connectivity index (χ3n) is 4.94. The first kappa shape index (κ1) is 18.6. The number of methoxy groups -OCH3 is 1. The topological polar surface area (TPSA) is 18.0 Å². The van der Waals surface area contributed by atoms with Gasteiger partial charge in [-0.1, -0.05) is 72.5 Å². The van der Waals surface area contributed by atoms with Crippen LogP contribution in [0, 0.1) is 11.8 Å². The van der Waals surface area contributed by atoms with Crippen molar-refractivity contribution in [3.8, 4) is 11.8 Å². The average molecular weight is 379 g/mol. The van der Waals surface area contributed by atoms with E-state index in [-0.39, 0.29) is 0 Å². The van der Waals surface area contributed by atoms with Crippen LogP contribution in [0.15, 0.2) is 84.9 Å². The summed E-state index contributed by atoms with van der Waals surface area (Å²) in [5.41, 5.74) is 4.37. The Morgan fingerprint density at radius 2 is 1.59 bits per heavy atom. The summed E-state index contributed by atoms with van der Waals surface area (Å²) in [6.07, 6.45) is 2.08. The lowest BCUT2D eigenvalue weighted by atomic mass is 10.2. The number of aromatic nitrogens is 2.